The fraction of sp³-hybridized carbons (Fsp3) is 0.444. The van der Waals surface area contributed by atoms with Crippen molar-refractivity contribution in [2.45, 2.75) is 13.8 Å². The Hall–Kier alpha value is -1.65. The topological polar surface area (TPSA) is 52.8 Å². The lowest BCUT2D eigenvalue weighted by Crippen LogP contribution is -2.18. The van der Waals surface area contributed by atoms with Gasteiger partial charge in [-0.05, 0) is 23.3 Å². The van der Waals surface area contributed by atoms with Crippen molar-refractivity contribution in [2.24, 2.45) is 5.92 Å². The first-order valence-corrected chi connectivity index (χ1v) is 4.57. The molecular formula is C9H12N4O. The molecule has 5 nitrogen and oxygen atoms in total. The average Bonchev–Trinajstić information content (AvgIpc) is 2.58. The van der Waals surface area contributed by atoms with Crippen molar-refractivity contribution < 1.29 is 4.84 Å². The monoisotopic (exact) mass is 192 g/mol. The lowest BCUT2D eigenvalue weighted by atomic mass is 10.2. The summed E-state index contributed by atoms with van der Waals surface area (Å²) in [4.78, 5) is 10.9. The molecule has 0 bridgehead atoms. The first-order chi connectivity index (χ1) is 6.77. The highest BCUT2D eigenvalue weighted by molar-refractivity contribution is 5.68. The van der Waals surface area contributed by atoms with E-state index in [0.29, 0.717) is 18.2 Å². The van der Waals surface area contributed by atoms with Gasteiger partial charge >= 0.3 is 0 Å². The van der Waals surface area contributed by atoms with Gasteiger partial charge < -0.3 is 4.84 Å². The van der Waals surface area contributed by atoms with Crippen LogP contribution in [-0.4, -0.2) is 26.7 Å². The van der Waals surface area contributed by atoms with E-state index in [4.69, 9.17) is 4.84 Å². The van der Waals surface area contributed by atoms with E-state index in [-0.39, 0.29) is 0 Å². The third-order valence-corrected chi connectivity index (χ3v) is 1.71. The molecule has 0 aliphatic rings. The van der Waals surface area contributed by atoms with E-state index in [1.807, 2.05) is 12.1 Å². The Morgan fingerprint density at radius 3 is 3.14 bits per heavy atom. The second-order valence-corrected chi connectivity index (χ2v) is 3.50. The summed E-state index contributed by atoms with van der Waals surface area (Å²) in [5, 5.41) is 7.77. The van der Waals surface area contributed by atoms with Gasteiger partial charge in [-0.2, -0.15) is 0 Å². The van der Waals surface area contributed by atoms with Crippen LogP contribution in [0.2, 0.25) is 0 Å². The highest BCUT2D eigenvalue weighted by Gasteiger charge is 2.05. The summed E-state index contributed by atoms with van der Waals surface area (Å²) in [6, 6.07) is 3.67. The van der Waals surface area contributed by atoms with Gasteiger partial charge in [-0.3, -0.25) is 0 Å². The Morgan fingerprint density at radius 1 is 1.50 bits per heavy atom. The van der Waals surface area contributed by atoms with Crippen molar-refractivity contribution in [3.63, 3.8) is 0 Å². The van der Waals surface area contributed by atoms with Crippen LogP contribution < -0.4 is 4.84 Å². The van der Waals surface area contributed by atoms with Gasteiger partial charge in [0, 0.05) is 6.20 Å². The Bertz CT molecular complexity index is 423. The fourth-order valence-electron chi connectivity index (χ4n) is 1.05. The molecule has 74 valence electrons. The maximum absolute atomic E-state index is 5.40. The van der Waals surface area contributed by atoms with Gasteiger partial charge in [-0.15, -0.1) is 5.10 Å². The molecule has 0 saturated carbocycles. The van der Waals surface area contributed by atoms with Gasteiger partial charge in [0.2, 0.25) is 5.65 Å². The van der Waals surface area contributed by atoms with Crippen molar-refractivity contribution in [1.82, 2.24) is 20.1 Å². The molecule has 0 N–H and O–H groups in total. The molecule has 2 rings (SSSR count). The Balaban J connectivity index is 2.25. The van der Waals surface area contributed by atoms with Crippen molar-refractivity contribution in [1.29, 1.82) is 0 Å². The molecule has 0 spiro atoms. The van der Waals surface area contributed by atoms with Crippen molar-refractivity contribution >= 4 is 11.2 Å². The van der Waals surface area contributed by atoms with Gasteiger partial charge in [-0.1, -0.05) is 18.7 Å². The lowest BCUT2D eigenvalue weighted by Gasteiger charge is -2.06. The standard InChI is InChI=1S/C9H12N4O/c1-7(2)6-14-13-9-8(11-12-13)4-3-5-10-9/h3-5,7H,6H2,1-2H3. The van der Waals surface area contributed by atoms with Gasteiger partial charge in [0.15, 0.2) is 0 Å². The highest BCUT2D eigenvalue weighted by Crippen LogP contribution is 2.04. The second kappa shape index (κ2) is 3.61. The largest absolute Gasteiger partial charge is 0.393 e. The summed E-state index contributed by atoms with van der Waals surface area (Å²) in [6.45, 7) is 4.76. The normalized spacial score (nSPS) is 11.1. The maximum atomic E-state index is 5.40. The minimum atomic E-state index is 0.456. The number of hydrogen-bond donors (Lipinski definition) is 0. The molecule has 2 aromatic heterocycles. The van der Waals surface area contributed by atoms with Crippen LogP contribution in [0.5, 0.6) is 0 Å². The summed E-state index contributed by atoms with van der Waals surface area (Å²) in [5.74, 6) is 0.456. The number of pyridine rings is 1. The van der Waals surface area contributed by atoms with Gasteiger partial charge in [0.1, 0.15) is 12.1 Å². The first kappa shape index (κ1) is 8.93. The number of hydrogen-bond acceptors (Lipinski definition) is 4. The van der Waals surface area contributed by atoms with Crippen LogP contribution in [0.25, 0.3) is 11.2 Å². The van der Waals surface area contributed by atoms with Crippen molar-refractivity contribution in [3.8, 4) is 0 Å². The first-order valence-electron chi connectivity index (χ1n) is 4.57. The van der Waals surface area contributed by atoms with E-state index in [9.17, 15) is 0 Å². The molecule has 0 atom stereocenters. The number of nitrogens with zero attached hydrogens (tertiary/aromatic N) is 4. The molecule has 14 heavy (non-hydrogen) atoms. The van der Waals surface area contributed by atoms with E-state index in [1.165, 1.54) is 4.85 Å². The van der Waals surface area contributed by atoms with Crippen LogP contribution >= 0.6 is 0 Å². The number of rotatable bonds is 3. The molecule has 0 aliphatic carbocycles. The molecule has 0 aromatic carbocycles. The molecule has 0 amide bonds. The third kappa shape index (κ3) is 1.66. The quantitative estimate of drug-likeness (QED) is 0.725. The van der Waals surface area contributed by atoms with E-state index in [2.05, 4.69) is 29.1 Å². The van der Waals surface area contributed by atoms with Gasteiger partial charge in [0.05, 0.1) is 0 Å². The van der Waals surface area contributed by atoms with Crippen LogP contribution in [-0.2, 0) is 0 Å². The van der Waals surface area contributed by atoms with Crippen LogP contribution in [0.3, 0.4) is 0 Å². The smallest absolute Gasteiger partial charge is 0.219 e. The van der Waals surface area contributed by atoms with Crippen LogP contribution in [0.1, 0.15) is 13.8 Å². The molecule has 0 saturated heterocycles. The molecule has 0 aliphatic heterocycles. The van der Waals surface area contributed by atoms with E-state index < -0.39 is 0 Å². The van der Waals surface area contributed by atoms with E-state index in [1.54, 1.807) is 6.20 Å². The molecule has 2 aromatic rings. The van der Waals surface area contributed by atoms with Gasteiger partial charge in [-0.25, -0.2) is 4.98 Å². The average molecular weight is 192 g/mol. The zero-order valence-corrected chi connectivity index (χ0v) is 8.21. The fourth-order valence-corrected chi connectivity index (χ4v) is 1.05. The summed E-state index contributed by atoms with van der Waals surface area (Å²) in [5.41, 5.74) is 1.41. The zero-order valence-electron chi connectivity index (χ0n) is 8.21. The minimum Gasteiger partial charge on any atom is -0.393 e. The minimum absolute atomic E-state index is 0.456. The number of aromatic nitrogens is 4. The Kier molecular flexibility index (Phi) is 2.30. The highest BCUT2D eigenvalue weighted by atomic mass is 16.7. The predicted molar refractivity (Wildman–Crippen MR) is 51.6 cm³/mol. The Labute approximate surface area is 81.7 Å². The molecular weight excluding hydrogens is 180 g/mol. The van der Waals surface area contributed by atoms with Crippen LogP contribution in [0, 0.1) is 5.92 Å². The summed E-state index contributed by atoms with van der Waals surface area (Å²) in [6.07, 6.45) is 1.70. The summed E-state index contributed by atoms with van der Waals surface area (Å²) in [7, 11) is 0. The van der Waals surface area contributed by atoms with Crippen LogP contribution in [0.15, 0.2) is 18.3 Å². The Morgan fingerprint density at radius 2 is 2.36 bits per heavy atom. The third-order valence-electron chi connectivity index (χ3n) is 1.71. The maximum Gasteiger partial charge on any atom is 0.219 e. The van der Waals surface area contributed by atoms with E-state index >= 15 is 0 Å². The lowest BCUT2D eigenvalue weighted by molar-refractivity contribution is 0.0674. The number of fused-ring (bicyclic) bond motifs is 1. The molecule has 0 unspecified atom stereocenters. The second-order valence-electron chi connectivity index (χ2n) is 3.50. The molecule has 0 radical (unpaired) electrons. The summed E-state index contributed by atoms with van der Waals surface area (Å²) < 4.78 is 0. The van der Waals surface area contributed by atoms with E-state index in [0.717, 1.165) is 5.52 Å². The molecule has 5 heteroatoms. The molecule has 0 fully saturated rings. The SMILES string of the molecule is CC(C)COn1nnc2cccnc21. The molecule has 2 heterocycles. The summed E-state index contributed by atoms with van der Waals surface area (Å²) >= 11 is 0. The predicted octanol–water partition coefficient (Wildman–Crippen LogP) is 0.911. The zero-order chi connectivity index (χ0) is 9.97. The van der Waals surface area contributed by atoms with Crippen LogP contribution in [0.4, 0.5) is 0 Å². The van der Waals surface area contributed by atoms with Gasteiger partial charge in [0.25, 0.3) is 0 Å². The van der Waals surface area contributed by atoms with Crippen molar-refractivity contribution in [2.75, 3.05) is 6.61 Å². The van der Waals surface area contributed by atoms with Crippen molar-refractivity contribution in [3.05, 3.63) is 18.3 Å².